The second-order valence-electron chi connectivity index (χ2n) is 7.60. The highest BCUT2D eigenvalue weighted by Crippen LogP contribution is 2.55. The highest BCUT2D eigenvalue weighted by atomic mass is 16.7. The third kappa shape index (κ3) is 3.05. The van der Waals surface area contributed by atoms with E-state index < -0.39 is 17.3 Å². The lowest BCUT2D eigenvalue weighted by atomic mass is 9.60. The fourth-order valence-electron chi connectivity index (χ4n) is 4.67. The summed E-state index contributed by atoms with van der Waals surface area (Å²) < 4.78 is 27.4. The molecule has 2 aliphatic rings. The molecule has 0 saturated heterocycles. The number of fused-ring (bicyclic) bond motifs is 2. The fraction of sp³-hybridized carbons (Fsp3) is 0.391. The number of Topliss-reactive ketones (excluding diaryl/α,β-unsaturated/α-hetero) is 1. The van der Waals surface area contributed by atoms with Gasteiger partial charge in [0.1, 0.15) is 0 Å². The van der Waals surface area contributed by atoms with Gasteiger partial charge in [0.05, 0.1) is 26.7 Å². The number of hydrogen-bond acceptors (Lipinski definition) is 7. The summed E-state index contributed by atoms with van der Waals surface area (Å²) in [7, 11) is 4.51. The molecule has 0 aromatic heterocycles. The van der Waals surface area contributed by atoms with Gasteiger partial charge in [-0.2, -0.15) is 0 Å². The predicted octanol–water partition coefficient (Wildman–Crippen LogP) is 3.64. The van der Waals surface area contributed by atoms with E-state index in [-0.39, 0.29) is 25.4 Å². The van der Waals surface area contributed by atoms with Crippen LogP contribution >= 0.6 is 0 Å². The van der Waals surface area contributed by atoms with E-state index in [1.807, 2.05) is 0 Å². The average molecular weight is 428 g/mol. The van der Waals surface area contributed by atoms with Gasteiger partial charge in [0.15, 0.2) is 28.8 Å². The van der Waals surface area contributed by atoms with Gasteiger partial charge in [0, 0.05) is 17.9 Å². The molecule has 0 amide bonds. The van der Waals surface area contributed by atoms with Crippen molar-refractivity contribution in [1.29, 1.82) is 0 Å². The number of ether oxygens (including phenoxy) is 5. The van der Waals surface area contributed by atoms with Crippen LogP contribution in [0, 0.1) is 5.41 Å². The maximum Gasteiger partial charge on any atom is 0.311 e. The largest absolute Gasteiger partial charge is 0.493 e. The molecule has 2 aromatic carbocycles. The lowest BCUT2D eigenvalue weighted by molar-refractivity contribution is -0.150. The molecule has 0 radical (unpaired) electrons. The molecular weight excluding hydrogens is 404 g/mol. The number of carbonyl (C=O) groups is 2. The Bertz CT molecular complexity index is 1030. The van der Waals surface area contributed by atoms with E-state index in [0.29, 0.717) is 45.4 Å². The number of rotatable bonds is 6. The van der Waals surface area contributed by atoms with Gasteiger partial charge in [-0.3, -0.25) is 9.59 Å². The third-order valence-corrected chi connectivity index (χ3v) is 6.26. The van der Waals surface area contributed by atoms with Gasteiger partial charge in [0.2, 0.25) is 12.5 Å². The Balaban J connectivity index is 2.03. The Labute approximate surface area is 179 Å². The van der Waals surface area contributed by atoms with E-state index in [2.05, 4.69) is 0 Å². The minimum Gasteiger partial charge on any atom is -0.493 e. The van der Waals surface area contributed by atoms with E-state index in [9.17, 15) is 14.7 Å². The molecule has 31 heavy (non-hydrogen) atoms. The first-order valence-electron chi connectivity index (χ1n) is 9.90. The van der Waals surface area contributed by atoms with Crippen LogP contribution in [0.3, 0.4) is 0 Å². The van der Waals surface area contributed by atoms with Crippen molar-refractivity contribution in [3.05, 3.63) is 41.0 Å². The zero-order chi connectivity index (χ0) is 22.3. The average Bonchev–Trinajstić information content (AvgIpc) is 3.24. The Morgan fingerprint density at radius 2 is 1.68 bits per heavy atom. The maximum absolute atomic E-state index is 13.1. The zero-order valence-corrected chi connectivity index (χ0v) is 17.8. The summed E-state index contributed by atoms with van der Waals surface area (Å²) in [4.78, 5) is 25.7. The van der Waals surface area contributed by atoms with Crippen molar-refractivity contribution in [1.82, 2.24) is 0 Å². The summed E-state index contributed by atoms with van der Waals surface area (Å²) in [6.07, 6.45) is 0.121. The van der Waals surface area contributed by atoms with Crippen molar-refractivity contribution in [2.24, 2.45) is 5.41 Å². The number of benzene rings is 2. The first-order chi connectivity index (χ1) is 14.9. The number of carboxylic acid groups (broad SMARTS) is 1. The standard InChI is InChI=1S/C23H24O8/c1-5-23(22(25)26)10-15(24)13-8-16-17(31-11-30-16)9-14(13)20(23)12-6-18(27-2)21(29-4)19(7-12)28-3/h6-9,20H,5,10-11H2,1-4H3,(H,25,26)/t20-,23+/m1/s1. The molecule has 0 fully saturated rings. The number of carboxylic acids is 1. The fourth-order valence-corrected chi connectivity index (χ4v) is 4.67. The molecule has 0 unspecified atom stereocenters. The zero-order valence-electron chi connectivity index (χ0n) is 17.8. The summed E-state index contributed by atoms with van der Waals surface area (Å²) in [6, 6.07) is 6.84. The Morgan fingerprint density at radius 1 is 1.06 bits per heavy atom. The van der Waals surface area contributed by atoms with E-state index >= 15 is 0 Å². The van der Waals surface area contributed by atoms with Crippen LogP contribution in [-0.2, 0) is 4.79 Å². The summed E-state index contributed by atoms with van der Waals surface area (Å²) >= 11 is 0. The van der Waals surface area contributed by atoms with E-state index in [1.54, 1.807) is 31.2 Å². The quantitative estimate of drug-likeness (QED) is 0.744. The van der Waals surface area contributed by atoms with Crippen molar-refractivity contribution in [3.63, 3.8) is 0 Å². The number of methoxy groups -OCH3 is 3. The minimum absolute atomic E-state index is 0.0547. The molecule has 4 rings (SSSR count). The summed E-state index contributed by atoms with van der Waals surface area (Å²) in [5.74, 6) is 0.274. The van der Waals surface area contributed by atoms with Gasteiger partial charge in [-0.1, -0.05) is 6.92 Å². The van der Waals surface area contributed by atoms with Gasteiger partial charge in [-0.25, -0.2) is 0 Å². The molecule has 1 N–H and O–H groups in total. The normalized spacial score (nSPS) is 21.4. The molecular formula is C23H24O8. The first-order valence-corrected chi connectivity index (χ1v) is 9.90. The maximum atomic E-state index is 13.1. The summed E-state index contributed by atoms with van der Waals surface area (Å²) in [6.45, 7) is 1.84. The van der Waals surface area contributed by atoms with Crippen molar-refractivity contribution >= 4 is 11.8 Å². The van der Waals surface area contributed by atoms with Crippen molar-refractivity contribution < 1.29 is 38.4 Å². The Kier molecular flexibility index (Phi) is 5.16. The van der Waals surface area contributed by atoms with Crippen LogP contribution in [0.15, 0.2) is 24.3 Å². The molecule has 1 aliphatic heterocycles. The minimum atomic E-state index is -1.34. The van der Waals surface area contributed by atoms with Crippen LogP contribution in [0.25, 0.3) is 0 Å². The molecule has 2 aromatic rings. The monoisotopic (exact) mass is 428 g/mol. The molecule has 2 atom stereocenters. The van der Waals surface area contributed by atoms with Gasteiger partial charge < -0.3 is 28.8 Å². The van der Waals surface area contributed by atoms with Crippen LogP contribution in [0.4, 0.5) is 0 Å². The van der Waals surface area contributed by atoms with E-state index in [1.165, 1.54) is 21.3 Å². The van der Waals surface area contributed by atoms with E-state index in [4.69, 9.17) is 23.7 Å². The molecule has 0 saturated carbocycles. The van der Waals surface area contributed by atoms with Crippen LogP contribution < -0.4 is 23.7 Å². The van der Waals surface area contributed by atoms with Gasteiger partial charge in [-0.05, 0) is 41.8 Å². The van der Waals surface area contributed by atoms with Gasteiger partial charge >= 0.3 is 5.97 Å². The molecule has 0 bridgehead atoms. The lowest BCUT2D eigenvalue weighted by Gasteiger charge is -2.41. The topological polar surface area (TPSA) is 101 Å². The summed E-state index contributed by atoms with van der Waals surface area (Å²) in [5.41, 5.74) is 0.321. The molecule has 0 spiro atoms. The highest BCUT2D eigenvalue weighted by Gasteiger charge is 2.52. The van der Waals surface area contributed by atoms with Crippen molar-refractivity contribution in [2.45, 2.75) is 25.7 Å². The second-order valence-corrected chi connectivity index (χ2v) is 7.60. The summed E-state index contributed by atoms with van der Waals surface area (Å²) in [5, 5.41) is 10.3. The smallest absolute Gasteiger partial charge is 0.311 e. The molecule has 164 valence electrons. The van der Waals surface area contributed by atoms with Crippen LogP contribution in [0.5, 0.6) is 28.7 Å². The van der Waals surface area contributed by atoms with Crippen LogP contribution in [0.1, 0.15) is 47.2 Å². The first kappa shape index (κ1) is 20.8. The molecule has 8 heteroatoms. The highest BCUT2D eigenvalue weighted by molar-refractivity contribution is 6.03. The van der Waals surface area contributed by atoms with Crippen LogP contribution in [-0.4, -0.2) is 45.0 Å². The lowest BCUT2D eigenvalue weighted by Crippen LogP contribution is -2.43. The Hall–Kier alpha value is -3.42. The predicted molar refractivity (Wildman–Crippen MR) is 110 cm³/mol. The van der Waals surface area contributed by atoms with Gasteiger partial charge in [-0.15, -0.1) is 0 Å². The number of aliphatic carboxylic acids is 1. The van der Waals surface area contributed by atoms with Crippen molar-refractivity contribution in [3.8, 4) is 28.7 Å². The number of hydrogen-bond donors (Lipinski definition) is 1. The van der Waals surface area contributed by atoms with Crippen LogP contribution in [0.2, 0.25) is 0 Å². The third-order valence-electron chi connectivity index (χ3n) is 6.26. The van der Waals surface area contributed by atoms with E-state index in [0.717, 1.165) is 0 Å². The van der Waals surface area contributed by atoms with Crippen molar-refractivity contribution in [2.75, 3.05) is 28.1 Å². The molecule has 1 aliphatic carbocycles. The Morgan fingerprint density at radius 3 is 2.19 bits per heavy atom. The molecule has 8 nitrogen and oxygen atoms in total. The second kappa shape index (κ2) is 7.68. The number of ketones is 1. The molecule has 1 heterocycles. The van der Waals surface area contributed by atoms with Gasteiger partial charge in [0.25, 0.3) is 0 Å². The number of carbonyl (C=O) groups excluding carboxylic acids is 1. The SMILES string of the molecule is CC[C@]1(C(=O)O)CC(=O)c2cc3c(cc2[C@H]1c1cc(OC)c(OC)c(OC)c1)OCO3.